The Morgan fingerprint density at radius 2 is 0.946 bits per heavy atom. The van der Waals surface area contributed by atoms with E-state index < -0.39 is 0 Å². The number of anilines is 3. The van der Waals surface area contributed by atoms with Gasteiger partial charge >= 0.3 is 0 Å². The van der Waals surface area contributed by atoms with Crippen LogP contribution in [-0.2, 0) is 10.8 Å². The third-order valence-corrected chi connectivity index (χ3v) is 12.7. The van der Waals surface area contributed by atoms with E-state index in [1.165, 1.54) is 61.2 Å². The highest BCUT2D eigenvalue weighted by molar-refractivity contribution is 6.12. The van der Waals surface area contributed by atoms with Crippen molar-refractivity contribution in [1.82, 2.24) is 0 Å². The van der Waals surface area contributed by atoms with Crippen LogP contribution in [0.2, 0.25) is 0 Å². The Morgan fingerprint density at radius 3 is 1.80 bits per heavy atom. The van der Waals surface area contributed by atoms with Gasteiger partial charge in [-0.1, -0.05) is 155 Å². The first-order valence-electron chi connectivity index (χ1n) is 19.7. The summed E-state index contributed by atoms with van der Waals surface area (Å²) in [4.78, 5) is 2.45. The second-order valence-electron chi connectivity index (χ2n) is 16.5. The molecule has 0 bridgehead atoms. The van der Waals surface area contributed by atoms with Crippen LogP contribution in [0.1, 0.15) is 49.9 Å². The lowest BCUT2D eigenvalue weighted by Crippen LogP contribution is -2.17. The lowest BCUT2D eigenvalue weighted by atomic mass is 9.82. The standard InChI is InChI=1S/C54H41NO/c1-53(2)46-31-29-37(32-44(46)51-39(18-12-21-47(51)53)34-14-6-5-7-15-34)55(38-28-30-42-41-16-8-10-20-45(41)54(3,4)48(42)33-38)36-26-24-35(25-27-36)40-19-13-23-50-52(40)43-17-9-11-22-49(43)56-50/h5-33H,1-4H3. The third-order valence-electron chi connectivity index (χ3n) is 12.7. The quantitative estimate of drug-likeness (QED) is 0.176. The molecule has 0 N–H and O–H groups in total. The van der Waals surface area contributed by atoms with E-state index in [0.717, 1.165) is 44.6 Å². The maximum Gasteiger partial charge on any atom is 0.136 e. The summed E-state index contributed by atoms with van der Waals surface area (Å²) < 4.78 is 6.27. The molecule has 0 saturated heterocycles. The number of hydrogen-bond donors (Lipinski definition) is 0. The van der Waals surface area contributed by atoms with Gasteiger partial charge in [0.25, 0.3) is 0 Å². The van der Waals surface area contributed by atoms with Crippen LogP contribution in [0, 0.1) is 0 Å². The zero-order chi connectivity index (χ0) is 37.8. The number of fused-ring (bicyclic) bond motifs is 9. The van der Waals surface area contributed by atoms with Crippen LogP contribution in [0.3, 0.4) is 0 Å². The Bertz CT molecular complexity index is 3020. The minimum Gasteiger partial charge on any atom is -0.456 e. The average molecular weight is 720 g/mol. The molecule has 0 amide bonds. The van der Waals surface area contributed by atoms with E-state index in [1.807, 2.05) is 6.07 Å². The monoisotopic (exact) mass is 719 g/mol. The number of rotatable bonds is 5. The summed E-state index contributed by atoms with van der Waals surface area (Å²) in [5.74, 6) is 0. The summed E-state index contributed by atoms with van der Waals surface area (Å²) in [5, 5.41) is 2.30. The van der Waals surface area contributed by atoms with Crippen molar-refractivity contribution in [3.05, 3.63) is 198 Å². The molecule has 2 aliphatic rings. The second-order valence-corrected chi connectivity index (χ2v) is 16.5. The second kappa shape index (κ2) is 11.9. The molecule has 1 heterocycles. The molecule has 0 radical (unpaired) electrons. The summed E-state index contributed by atoms with van der Waals surface area (Å²) in [6, 6.07) is 64.6. The molecule has 0 atom stereocenters. The van der Waals surface area contributed by atoms with Gasteiger partial charge in [-0.3, -0.25) is 0 Å². The third kappa shape index (κ3) is 4.69. The van der Waals surface area contributed by atoms with Gasteiger partial charge in [-0.05, 0) is 115 Å². The lowest BCUT2D eigenvalue weighted by molar-refractivity contribution is 0.660. The zero-order valence-corrected chi connectivity index (χ0v) is 32.1. The molecule has 8 aromatic carbocycles. The van der Waals surface area contributed by atoms with Gasteiger partial charge in [-0.25, -0.2) is 0 Å². The van der Waals surface area contributed by atoms with Crippen LogP contribution in [0.15, 0.2) is 180 Å². The topological polar surface area (TPSA) is 16.4 Å². The van der Waals surface area contributed by atoms with Gasteiger partial charge < -0.3 is 9.32 Å². The predicted octanol–water partition coefficient (Wildman–Crippen LogP) is 15.0. The summed E-state index contributed by atoms with van der Waals surface area (Å²) in [7, 11) is 0. The van der Waals surface area contributed by atoms with Crippen molar-refractivity contribution in [2.24, 2.45) is 0 Å². The van der Waals surface area contributed by atoms with Crippen molar-refractivity contribution in [2.75, 3.05) is 4.90 Å². The van der Waals surface area contributed by atoms with Gasteiger partial charge in [0.15, 0.2) is 0 Å². The summed E-state index contributed by atoms with van der Waals surface area (Å²) in [6.45, 7) is 9.46. The van der Waals surface area contributed by atoms with Crippen LogP contribution in [-0.4, -0.2) is 0 Å². The Labute approximate surface area is 328 Å². The summed E-state index contributed by atoms with van der Waals surface area (Å²) in [5.41, 5.74) is 20.6. The maximum absolute atomic E-state index is 6.27. The molecule has 11 rings (SSSR count). The summed E-state index contributed by atoms with van der Waals surface area (Å²) in [6.07, 6.45) is 0. The largest absolute Gasteiger partial charge is 0.456 e. The molecule has 268 valence electrons. The van der Waals surface area contributed by atoms with Gasteiger partial charge in [0.2, 0.25) is 0 Å². The number of benzene rings is 8. The van der Waals surface area contributed by atoms with Crippen molar-refractivity contribution >= 4 is 39.0 Å². The molecule has 2 nitrogen and oxygen atoms in total. The van der Waals surface area contributed by atoms with Crippen molar-refractivity contribution in [3.63, 3.8) is 0 Å². The van der Waals surface area contributed by atoms with E-state index in [4.69, 9.17) is 4.42 Å². The Morgan fingerprint density at radius 1 is 0.375 bits per heavy atom. The van der Waals surface area contributed by atoms with Crippen LogP contribution < -0.4 is 4.90 Å². The van der Waals surface area contributed by atoms with Crippen LogP contribution in [0.4, 0.5) is 17.1 Å². The van der Waals surface area contributed by atoms with E-state index in [-0.39, 0.29) is 10.8 Å². The van der Waals surface area contributed by atoms with Gasteiger partial charge in [0.1, 0.15) is 11.2 Å². The number of nitrogens with zero attached hydrogens (tertiary/aromatic N) is 1. The fraction of sp³-hybridized carbons (Fsp3) is 0.111. The zero-order valence-electron chi connectivity index (χ0n) is 32.1. The van der Waals surface area contributed by atoms with Crippen molar-refractivity contribution < 1.29 is 4.42 Å². The molecule has 56 heavy (non-hydrogen) atoms. The predicted molar refractivity (Wildman–Crippen MR) is 234 cm³/mol. The first kappa shape index (κ1) is 32.8. The van der Waals surface area contributed by atoms with E-state index >= 15 is 0 Å². The molecular weight excluding hydrogens is 679 g/mol. The molecule has 0 fully saturated rings. The molecule has 0 saturated carbocycles. The Kier molecular flexibility index (Phi) is 6.98. The van der Waals surface area contributed by atoms with Gasteiger partial charge in [0.05, 0.1) is 0 Å². The molecule has 0 unspecified atom stereocenters. The lowest BCUT2D eigenvalue weighted by Gasteiger charge is -2.29. The van der Waals surface area contributed by atoms with Crippen molar-refractivity contribution in [1.29, 1.82) is 0 Å². The number of para-hydroxylation sites is 1. The SMILES string of the molecule is CC1(C)c2ccccc2-c2ccc(N(c3ccc(-c4cccc5oc6ccccc6c45)cc3)c3ccc4c(c3)-c3c(-c5ccccc5)cccc3C4(C)C)cc21. The van der Waals surface area contributed by atoms with Gasteiger partial charge in [0, 0.05) is 38.7 Å². The molecular formula is C54H41NO. The number of hydrogen-bond acceptors (Lipinski definition) is 2. The molecule has 0 spiro atoms. The Hall–Kier alpha value is -6.64. The van der Waals surface area contributed by atoms with Crippen LogP contribution in [0.5, 0.6) is 0 Å². The number of furan rings is 1. The minimum absolute atomic E-state index is 0.116. The Balaban J connectivity index is 1.10. The molecule has 9 aromatic rings. The highest BCUT2D eigenvalue weighted by atomic mass is 16.3. The minimum atomic E-state index is -0.123. The van der Waals surface area contributed by atoms with Gasteiger partial charge in [-0.15, -0.1) is 0 Å². The molecule has 1 aromatic heterocycles. The highest BCUT2D eigenvalue weighted by Crippen LogP contribution is 2.55. The van der Waals surface area contributed by atoms with Crippen molar-refractivity contribution in [2.45, 2.75) is 38.5 Å². The molecule has 2 aliphatic carbocycles. The van der Waals surface area contributed by atoms with Crippen LogP contribution in [0.25, 0.3) is 66.4 Å². The van der Waals surface area contributed by atoms with Crippen LogP contribution >= 0.6 is 0 Å². The van der Waals surface area contributed by atoms with E-state index in [2.05, 4.69) is 202 Å². The first-order chi connectivity index (χ1) is 27.3. The molecule has 2 heteroatoms. The van der Waals surface area contributed by atoms with Gasteiger partial charge in [-0.2, -0.15) is 0 Å². The fourth-order valence-electron chi connectivity index (χ4n) is 9.87. The average Bonchev–Trinajstić information content (AvgIpc) is 3.81. The maximum atomic E-state index is 6.27. The van der Waals surface area contributed by atoms with E-state index in [0.29, 0.717) is 0 Å². The van der Waals surface area contributed by atoms with Crippen molar-refractivity contribution in [3.8, 4) is 44.5 Å². The smallest absolute Gasteiger partial charge is 0.136 e. The fourth-order valence-corrected chi connectivity index (χ4v) is 9.87. The highest BCUT2D eigenvalue weighted by Gasteiger charge is 2.38. The van der Waals surface area contributed by atoms with E-state index in [1.54, 1.807) is 0 Å². The summed E-state index contributed by atoms with van der Waals surface area (Å²) >= 11 is 0. The van der Waals surface area contributed by atoms with E-state index in [9.17, 15) is 0 Å². The first-order valence-corrected chi connectivity index (χ1v) is 19.7. The normalized spacial score (nSPS) is 14.4. The molecule has 0 aliphatic heterocycles.